The lowest BCUT2D eigenvalue weighted by atomic mass is 10.1. The minimum absolute atomic E-state index is 0.175. The normalized spacial score (nSPS) is 22.8. The largest absolute Gasteiger partial charge is 0.485 e. The Labute approximate surface area is 161 Å². The summed E-state index contributed by atoms with van der Waals surface area (Å²) in [7, 11) is 0. The van der Waals surface area contributed by atoms with Crippen molar-refractivity contribution in [1.82, 2.24) is 15.0 Å². The fourth-order valence-corrected chi connectivity index (χ4v) is 3.67. The molecule has 144 valence electrons. The Morgan fingerprint density at radius 3 is 2.68 bits per heavy atom. The van der Waals surface area contributed by atoms with Crippen molar-refractivity contribution in [3.05, 3.63) is 54.7 Å². The molecule has 2 saturated heterocycles. The zero-order valence-corrected chi connectivity index (χ0v) is 15.1. The second kappa shape index (κ2) is 7.21. The minimum atomic E-state index is -0.218. The molecule has 0 spiro atoms. The molecule has 2 atom stereocenters. The third-order valence-electron chi connectivity index (χ3n) is 5.09. The van der Waals surface area contributed by atoms with Crippen molar-refractivity contribution in [1.29, 1.82) is 0 Å². The lowest BCUT2D eigenvalue weighted by Gasteiger charge is -2.20. The maximum atomic E-state index is 12.4. The van der Waals surface area contributed by atoms with Crippen LogP contribution in [0.25, 0.3) is 10.8 Å². The number of amides is 1. The number of nitrogens with zero attached hydrogens (tertiary/aromatic N) is 3. The number of likely N-dealkylation sites (tertiary alicyclic amines) is 1. The van der Waals surface area contributed by atoms with Gasteiger partial charge >= 0.3 is 0 Å². The molecular weight excluding hydrogens is 362 g/mol. The highest BCUT2D eigenvalue weighted by molar-refractivity contribution is 5.92. The maximum Gasteiger partial charge on any atom is 0.276 e. The van der Waals surface area contributed by atoms with Crippen molar-refractivity contribution in [3.8, 4) is 5.75 Å². The molecule has 0 bridgehead atoms. The molecule has 1 aromatic carbocycles. The Morgan fingerprint density at radius 2 is 1.93 bits per heavy atom. The third kappa shape index (κ3) is 3.21. The van der Waals surface area contributed by atoms with Gasteiger partial charge in [0, 0.05) is 42.3 Å². The van der Waals surface area contributed by atoms with Crippen molar-refractivity contribution in [3.63, 3.8) is 0 Å². The molecule has 2 fully saturated rings. The summed E-state index contributed by atoms with van der Waals surface area (Å²) in [4.78, 5) is 18.3. The third-order valence-corrected chi connectivity index (χ3v) is 5.09. The summed E-state index contributed by atoms with van der Waals surface area (Å²) >= 11 is 0. The van der Waals surface area contributed by atoms with E-state index in [1.54, 1.807) is 17.2 Å². The van der Waals surface area contributed by atoms with Crippen LogP contribution in [0.5, 0.6) is 5.75 Å². The van der Waals surface area contributed by atoms with Gasteiger partial charge in [0.25, 0.3) is 5.91 Å². The van der Waals surface area contributed by atoms with Crippen molar-refractivity contribution in [2.75, 3.05) is 26.3 Å². The fourth-order valence-electron chi connectivity index (χ4n) is 3.67. The quantitative estimate of drug-likeness (QED) is 0.685. The average molecular weight is 381 g/mol. The van der Waals surface area contributed by atoms with Crippen LogP contribution in [0.15, 0.2) is 53.5 Å². The Morgan fingerprint density at radius 1 is 1.11 bits per heavy atom. The first-order valence-corrected chi connectivity index (χ1v) is 9.20. The van der Waals surface area contributed by atoms with E-state index in [0.717, 1.165) is 16.5 Å². The number of carbonyl (C=O) groups is 1. The van der Waals surface area contributed by atoms with Crippen LogP contribution in [0.2, 0.25) is 0 Å². The van der Waals surface area contributed by atoms with Gasteiger partial charge in [-0.2, -0.15) is 0 Å². The topological polar surface area (TPSA) is 86.9 Å². The molecule has 8 nitrogen and oxygen atoms in total. The highest BCUT2D eigenvalue weighted by Crippen LogP contribution is 2.27. The number of aromatic nitrogens is 2. The molecule has 2 aliphatic heterocycles. The second-order valence-corrected chi connectivity index (χ2v) is 6.93. The molecule has 0 N–H and O–H groups in total. The summed E-state index contributed by atoms with van der Waals surface area (Å²) in [6, 6.07) is 9.37. The van der Waals surface area contributed by atoms with Crippen LogP contribution >= 0.6 is 0 Å². The first-order chi connectivity index (χ1) is 13.8. The van der Waals surface area contributed by atoms with E-state index in [0.29, 0.717) is 32.0 Å². The summed E-state index contributed by atoms with van der Waals surface area (Å²) < 4.78 is 23.0. The van der Waals surface area contributed by atoms with Crippen LogP contribution in [-0.2, 0) is 9.47 Å². The number of pyridine rings is 1. The van der Waals surface area contributed by atoms with E-state index < -0.39 is 0 Å². The SMILES string of the molecule is O=C(c1ccon1)N1C[C@@H]2OCC(Oc3cccc4cnccc34)CO[C@H]2C1. The van der Waals surface area contributed by atoms with E-state index in [2.05, 4.69) is 10.1 Å². The molecule has 2 aromatic heterocycles. The summed E-state index contributed by atoms with van der Waals surface area (Å²) in [5, 5.41) is 5.74. The molecule has 1 amide bonds. The Kier molecular flexibility index (Phi) is 4.42. The van der Waals surface area contributed by atoms with Crippen LogP contribution in [0.4, 0.5) is 0 Å². The Balaban J connectivity index is 1.24. The molecule has 0 saturated carbocycles. The van der Waals surface area contributed by atoms with Gasteiger partial charge in [0.1, 0.15) is 30.3 Å². The van der Waals surface area contributed by atoms with Crippen molar-refractivity contribution in [2.45, 2.75) is 18.3 Å². The molecule has 0 aliphatic carbocycles. The number of hydrogen-bond donors (Lipinski definition) is 0. The van der Waals surface area contributed by atoms with E-state index in [9.17, 15) is 4.79 Å². The molecule has 28 heavy (non-hydrogen) atoms. The fraction of sp³-hybridized carbons (Fsp3) is 0.350. The predicted octanol–water partition coefficient (Wildman–Crippen LogP) is 1.91. The molecule has 8 heteroatoms. The smallest absolute Gasteiger partial charge is 0.276 e. The van der Waals surface area contributed by atoms with Gasteiger partial charge < -0.3 is 23.6 Å². The zero-order chi connectivity index (χ0) is 18.9. The summed E-state index contributed by atoms with van der Waals surface area (Å²) in [6.07, 6.45) is 4.37. The number of rotatable bonds is 3. The number of hydrogen-bond acceptors (Lipinski definition) is 7. The van der Waals surface area contributed by atoms with Crippen LogP contribution in [-0.4, -0.2) is 65.6 Å². The summed E-state index contributed by atoms with van der Waals surface area (Å²) in [6.45, 7) is 1.72. The molecule has 3 aromatic rings. The lowest BCUT2D eigenvalue weighted by molar-refractivity contribution is -0.00461. The molecule has 0 unspecified atom stereocenters. The number of carbonyl (C=O) groups excluding carboxylic acids is 1. The second-order valence-electron chi connectivity index (χ2n) is 6.93. The highest BCUT2D eigenvalue weighted by Gasteiger charge is 2.40. The van der Waals surface area contributed by atoms with E-state index in [-0.39, 0.29) is 24.2 Å². The van der Waals surface area contributed by atoms with Crippen molar-refractivity contribution >= 4 is 16.7 Å². The first kappa shape index (κ1) is 17.2. The van der Waals surface area contributed by atoms with Crippen molar-refractivity contribution in [2.24, 2.45) is 0 Å². The number of ether oxygens (including phenoxy) is 3. The molecule has 0 radical (unpaired) electrons. The number of benzene rings is 1. The first-order valence-electron chi connectivity index (χ1n) is 9.20. The maximum absolute atomic E-state index is 12.4. The van der Waals surface area contributed by atoms with Gasteiger partial charge in [-0.25, -0.2) is 0 Å². The summed E-state index contributed by atoms with van der Waals surface area (Å²) in [5.41, 5.74) is 0.295. The van der Waals surface area contributed by atoms with Gasteiger partial charge in [0.15, 0.2) is 5.69 Å². The van der Waals surface area contributed by atoms with E-state index in [1.807, 2.05) is 30.5 Å². The van der Waals surface area contributed by atoms with Gasteiger partial charge in [-0.3, -0.25) is 9.78 Å². The van der Waals surface area contributed by atoms with Gasteiger partial charge in [-0.05, 0) is 12.1 Å². The zero-order valence-electron chi connectivity index (χ0n) is 15.1. The minimum Gasteiger partial charge on any atom is -0.485 e. The lowest BCUT2D eigenvalue weighted by Crippen LogP contribution is -2.33. The van der Waals surface area contributed by atoms with E-state index in [4.69, 9.17) is 18.7 Å². The van der Waals surface area contributed by atoms with E-state index >= 15 is 0 Å². The molecule has 2 aliphatic rings. The average Bonchev–Trinajstić information content (AvgIpc) is 3.37. The Hall–Kier alpha value is -2.97. The van der Waals surface area contributed by atoms with Gasteiger partial charge in [0.2, 0.25) is 0 Å². The van der Waals surface area contributed by atoms with E-state index in [1.165, 1.54) is 6.26 Å². The number of fused-ring (bicyclic) bond motifs is 2. The highest BCUT2D eigenvalue weighted by atomic mass is 16.6. The Bertz CT molecular complexity index is 956. The van der Waals surface area contributed by atoms with Gasteiger partial charge in [-0.15, -0.1) is 0 Å². The predicted molar refractivity (Wildman–Crippen MR) is 98.0 cm³/mol. The molecule has 4 heterocycles. The van der Waals surface area contributed by atoms with Crippen LogP contribution < -0.4 is 4.74 Å². The summed E-state index contributed by atoms with van der Waals surface area (Å²) in [5.74, 6) is 0.609. The molecular formula is C20H19N3O5. The molecule has 5 rings (SSSR count). The van der Waals surface area contributed by atoms with Crippen LogP contribution in [0.1, 0.15) is 10.5 Å². The van der Waals surface area contributed by atoms with Crippen LogP contribution in [0, 0.1) is 0 Å². The standard InChI is InChI=1S/C20H19N3O5/c24-20(16-5-7-27-22-16)23-9-18-19(10-23)26-12-14(11-25-18)28-17-3-1-2-13-8-21-6-4-15(13)17/h1-8,14,18-19H,9-12H2/t18-,19-/m0/s1. The van der Waals surface area contributed by atoms with Gasteiger partial charge in [-0.1, -0.05) is 17.3 Å². The monoisotopic (exact) mass is 381 g/mol. The van der Waals surface area contributed by atoms with Gasteiger partial charge in [0.05, 0.1) is 13.2 Å². The van der Waals surface area contributed by atoms with Crippen LogP contribution in [0.3, 0.4) is 0 Å². The van der Waals surface area contributed by atoms with Crippen molar-refractivity contribution < 1.29 is 23.5 Å².